The fourth-order valence-electron chi connectivity index (χ4n) is 6.79. The minimum absolute atomic E-state index is 0.657. The summed E-state index contributed by atoms with van der Waals surface area (Å²) in [6.45, 7) is 0. The van der Waals surface area contributed by atoms with Gasteiger partial charge in [-0.1, -0.05) is 127 Å². The predicted octanol–water partition coefficient (Wildman–Crippen LogP) is 12.9. The smallest absolute Gasteiger partial charge is 0.164 e. The third-order valence-corrected chi connectivity index (χ3v) is 11.6. The summed E-state index contributed by atoms with van der Waals surface area (Å²) < 4.78 is 5.13. The number of rotatable bonds is 5. The lowest BCUT2D eigenvalue weighted by molar-refractivity contribution is 1.07. The normalized spacial score (nSPS) is 11.6. The molecule has 0 saturated heterocycles. The molecule has 10 aromatic rings. The van der Waals surface area contributed by atoms with Gasteiger partial charge in [-0.25, -0.2) is 15.0 Å². The Balaban J connectivity index is 1.05. The lowest BCUT2D eigenvalue weighted by atomic mass is 10.0. The van der Waals surface area contributed by atoms with Crippen molar-refractivity contribution in [3.05, 3.63) is 164 Å². The van der Waals surface area contributed by atoms with Crippen LogP contribution in [0.5, 0.6) is 0 Å². The Hall–Kier alpha value is -6.01. The van der Waals surface area contributed by atoms with Gasteiger partial charge in [-0.2, -0.15) is 0 Å². The molecule has 0 atom stereocenters. The van der Waals surface area contributed by atoms with Crippen LogP contribution in [-0.2, 0) is 0 Å². The van der Waals surface area contributed by atoms with Crippen LogP contribution < -0.4 is 0 Å². The van der Waals surface area contributed by atoms with E-state index in [9.17, 15) is 0 Å². The molecular formula is C45H27N3S2. The van der Waals surface area contributed by atoms with E-state index in [1.807, 2.05) is 59.1 Å². The van der Waals surface area contributed by atoms with Crippen LogP contribution in [0, 0.1) is 0 Å². The standard InChI is InChI=1S/C45H27N3S2/c1-3-9-28(10-4-1)29-15-17-31(18-16-29)44-46-43(30-11-5-2-6-12-30)47-45(48-44)34-19-22-36-38-26-33(21-24-41(38)50-42(36)27-34)32-20-23-40-37(25-32)35-13-7-8-14-39(35)49-40/h1-27H. The minimum Gasteiger partial charge on any atom is -0.208 e. The van der Waals surface area contributed by atoms with Gasteiger partial charge in [0.05, 0.1) is 0 Å². The van der Waals surface area contributed by atoms with Gasteiger partial charge < -0.3 is 0 Å². The van der Waals surface area contributed by atoms with E-state index >= 15 is 0 Å². The molecule has 50 heavy (non-hydrogen) atoms. The van der Waals surface area contributed by atoms with Gasteiger partial charge in [0.15, 0.2) is 17.5 Å². The second-order valence-electron chi connectivity index (χ2n) is 12.4. The maximum Gasteiger partial charge on any atom is 0.164 e. The molecule has 0 unspecified atom stereocenters. The van der Waals surface area contributed by atoms with Crippen molar-refractivity contribution >= 4 is 63.0 Å². The largest absolute Gasteiger partial charge is 0.208 e. The number of thiophene rings is 2. The van der Waals surface area contributed by atoms with E-state index in [1.165, 1.54) is 57.0 Å². The number of hydrogen-bond acceptors (Lipinski definition) is 5. The lowest BCUT2D eigenvalue weighted by Gasteiger charge is -2.09. The highest BCUT2D eigenvalue weighted by molar-refractivity contribution is 7.26. The first-order chi connectivity index (χ1) is 24.7. The van der Waals surface area contributed by atoms with Crippen molar-refractivity contribution in [1.82, 2.24) is 15.0 Å². The van der Waals surface area contributed by atoms with Crippen molar-refractivity contribution < 1.29 is 0 Å². The average molecular weight is 674 g/mol. The van der Waals surface area contributed by atoms with Gasteiger partial charge in [-0.05, 0) is 58.7 Å². The monoisotopic (exact) mass is 673 g/mol. The quantitative estimate of drug-likeness (QED) is 0.182. The van der Waals surface area contributed by atoms with Crippen molar-refractivity contribution in [1.29, 1.82) is 0 Å². The first-order valence-electron chi connectivity index (χ1n) is 16.6. The minimum atomic E-state index is 0.657. The molecule has 5 heteroatoms. The number of fused-ring (bicyclic) bond motifs is 6. The summed E-state index contributed by atoms with van der Waals surface area (Å²) in [4.78, 5) is 15.0. The van der Waals surface area contributed by atoms with E-state index in [2.05, 4.69) is 127 Å². The van der Waals surface area contributed by atoms with Crippen molar-refractivity contribution in [2.24, 2.45) is 0 Å². The van der Waals surface area contributed by atoms with E-state index in [0.717, 1.165) is 22.3 Å². The van der Waals surface area contributed by atoms with E-state index in [4.69, 9.17) is 15.0 Å². The van der Waals surface area contributed by atoms with Gasteiger partial charge in [-0.15, -0.1) is 22.7 Å². The summed E-state index contributed by atoms with van der Waals surface area (Å²) in [6, 6.07) is 58.0. The van der Waals surface area contributed by atoms with E-state index in [0.29, 0.717) is 17.5 Å². The van der Waals surface area contributed by atoms with Crippen LogP contribution in [-0.4, -0.2) is 15.0 Å². The highest BCUT2D eigenvalue weighted by Gasteiger charge is 2.15. The predicted molar refractivity (Wildman–Crippen MR) is 213 cm³/mol. The molecule has 0 aliphatic carbocycles. The zero-order chi connectivity index (χ0) is 33.0. The molecule has 0 spiro atoms. The molecule has 3 aromatic heterocycles. The molecule has 0 amide bonds. The molecule has 0 radical (unpaired) electrons. The summed E-state index contributed by atoms with van der Waals surface area (Å²) in [5.41, 5.74) is 7.69. The van der Waals surface area contributed by atoms with E-state index in [1.54, 1.807) is 0 Å². The van der Waals surface area contributed by atoms with Crippen molar-refractivity contribution in [3.63, 3.8) is 0 Å². The lowest BCUT2D eigenvalue weighted by Crippen LogP contribution is -2.00. The number of aromatic nitrogens is 3. The Bertz CT molecular complexity index is 2850. The van der Waals surface area contributed by atoms with Crippen molar-refractivity contribution in [3.8, 4) is 56.4 Å². The van der Waals surface area contributed by atoms with Crippen LogP contribution in [0.3, 0.4) is 0 Å². The first kappa shape index (κ1) is 29.0. The molecule has 0 N–H and O–H groups in total. The molecule has 7 aromatic carbocycles. The maximum absolute atomic E-state index is 5.04. The third kappa shape index (κ3) is 5.07. The van der Waals surface area contributed by atoms with Crippen LogP contribution in [0.25, 0.3) is 96.8 Å². The zero-order valence-corrected chi connectivity index (χ0v) is 28.4. The molecule has 0 fully saturated rings. The highest BCUT2D eigenvalue weighted by Crippen LogP contribution is 2.40. The van der Waals surface area contributed by atoms with Crippen molar-refractivity contribution in [2.75, 3.05) is 0 Å². The topological polar surface area (TPSA) is 38.7 Å². The summed E-state index contributed by atoms with van der Waals surface area (Å²) in [5.74, 6) is 1.98. The van der Waals surface area contributed by atoms with Crippen LogP contribution >= 0.6 is 22.7 Å². The molecular weight excluding hydrogens is 647 g/mol. The molecule has 10 rings (SSSR count). The molecule has 0 bridgehead atoms. The Morgan fingerprint density at radius 2 is 0.680 bits per heavy atom. The second kappa shape index (κ2) is 11.8. The molecule has 3 heterocycles. The zero-order valence-electron chi connectivity index (χ0n) is 26.7. The van der Waals surface area contributed by atoms with Gasteiger partial charge in [0.2, 0.25) is 0 Å². The summed E-state index contributed by atoms with van der Waals surface area (Å²) in [5, 5.41) is 5.16. The average Bonchev–Trinajstić information content (AvgIpc) is 3.75. The Morgan fingerprint density at radius 1 is 0.260 bits per heavy atom. The molecule has 3 nitrogen and oxygen atoms in total. The molecule has 234 valence electrons. The van der Waals surface area contributed by atoms with Crippen LogP contribution in [0.2, 0.25) is 0 Å². The highest BCUT2D eigenvalue weighted by atomic mass is 32.1. The Labute approximate surface area is 296 Å². The number of nitrogens with zero attached hydrogens (tertiary/aromatic N) is 3. The third-order valence-electron chi connectivity index (χ3n) is 9.36. The summed E-state index contributed by atoms with van der Waals surface area (Å²) in [7, 11) is 0. The van der Waals surface area contributed by atoms with E-state index < -0.39 is 0 Å². The van der Waals surface area contributed by atoms with Gasteiger partial charge in [0.25, 0.3) is 0 Å². The molecule has 0 saturated carbocycles. The Morgan fingerprint density at radius 3 is 1.34 bits per heavy atom. The summed E-state index contributed by atoms with van der Waals surface area (Å²) >= 11 is 3.67. The van der Waals surface area contributed by atoms with Gasteiger partial charge >= 0.3 is 0 Å². The fraction of sp³-hybridized carbons (Fsp3) is 0. The van der Waals surface area contributed by atoms with Crippen LogP contribution in [0.1, 0.15) is 0 Å². The maximum atomic E-state index is 5.04. The van der Waals surface area contributed by atoms with Gasteiger partial charge in [-0.3, -0.25) is 0 Å². The number of benzene rings is 7. The van der Waals surface area contributed by atoms with Crippen LogP contribution in [0.15, 0.2) is 164 Å². The SMILES string of the molecule is c1ccc(-c2ccc(-c3nc(-c4ccccc4)nc(-c4ccc5c(c4)sc4ccc(-c6ccc7sc8ccccc8c7c6)cc45)n3)cc2)cc1. The summed E-state index contributed by atoms with van der Waals surface area (Å²) in [6.07, 6.45) is 0. The molecule has 0 aliphatic heterocycles. The number of hydrogen-bond donors (Lipinski definition) is 0. The van der Waals surface area contributed by atoms with E-state index in [-0.39, 0.29) is 0 Å². The Kier molecular flexibility index (Phi) is 6.86. The van der Waals surface area contributed by atoms with Gasteiger partial charge in [0.1, 0.15) is 0 Å². The van der Waals surface area contributed by atoms with Crippen LogP contribution in [0.4, 0.5) is 0 Å². The first-order valence-corrected chi connectivity index (χ1v) is 18.2. The second-order valence-corrected chi connectivity index (χ2v) is 14.6. The fourth-order valence-corrected chi connectivity index (χ4v) is 9.01. The van der Waals surface area contributed by atoms with Gasteiger partial charge in [0, 0.05) is 57.0 Å². The molecule has 0 aliphatic rings. The van der Waals surface area contributed by atoms with Crippen molar-refractivity contribution in [2.45, 2.75) is 0 Å².